The molecule has 0 atom stereocenters. The lowest BCUT2D eigenvalue weighted by Crippen LogP contribution is -2.38. The van der Waals surface area contributed by atoms with E-state index in [0.29, 0.717) is 6.04 Å². The van der Waals surface area contributed by atoms with Gasteiger partial charge in [-0.15, -0.1) is 5.10 Å². The minimum Gasteiger partial charge on any atom is -0.347 e. The first-order valence-corrected chi connectivity index (χ1v) is 7.45. The van der Waals surface area contributed by atoms with Crippen molar-refractivity contribution in [3.05, 3.63) is 11.6 Å². The lowest BCUT2D eigenvalue weighted by Gasteiger charge is -2.27. The summed E-state index contributed by atoms with van der Waals surface area (Å²) in [5.41, 5.74) is 0. The molecule has 0 unspecified atom stereocenters. The molecule has 106 valence electrons. The number of nitrogens with one attached hydrogen (secondary N) is 2. The van der Waals surface area contributed by atoms with E-state index in [1.54, 1.807) is 0 Å². The summed E-state index contributed by atoms with van der Waals surface area (Å²) in [5.74, 6) is 1.77. The van der Waals surface area contributed by atoms with Crippen molar-refractivity contribution in [3.63, 3.8) is 0 Å². The van der Waals surface area contributed by atoms with Gasteiger partial charge in [0.25, 0.3) is 5.91 Å². The first-order chi connectivity index (χ1) is 9.22. The van der Waals surface area contributed by atoms with Crippen molar-refractivity contribution < 1.29 is 4.79 Å². The highest BCUT2D eigenvalue weighted by atomic mass is 16.2. The van der Waals surface area contributed by atoms with Crippen LogP contribution in [0.2, 0.25) is 0 Å². The van der Waals surface area contributed by atoms with Crippen LogP contribution in [0.1, 0.15) is 68.8 Å². The molecule has 0 spiro atoms. The Kier molecular flexibility index (Phi) is 4.93. The predicted octanol–water partition coefficient (Wildman–Crippen LogP) is 2.46. The molecule has 0 bridgehead atoms. The number of aryl methyl sites for hydroxylation is 1. The summed E-state index contributed by atoms with van der Waals surface area (Å²) in [5, 5.41) is 9.85. The number of aromatic amines is 1. The van der Waals surface area contributed by atoms with Crippen molar-refractivity contribution in [1.29, 1.82) is 0 Å². The van der Waals surface area contributed by atoms with E-state index >= 15 is 0 Å². The molecule has 0 aromatic carbocycles. The summed E-state index contributed by atoms with van der Waals surface area (Å²) < 4.78 is 0. The number of hydrogen-bond acceptors (Lipinski definition) is 3. The molecule has 1 saturated carbocycles. The number of amides is 1. The van der Waals surface area contributed by atoms with E-state index in [0.717, 1.165) is 37.4 Å². The van der Waals surface area contributed by atoms with Gasteiger partial charge in [0.1, 0.15) is 5.82 Å². The number of aromatic nitrogens is 3. The number of carbonyl (C=O) groups excluding carboxylic acids is 1. The summed E-state index contributed by atoms with van der Waals surface area (Å²) in [6, 6.07) is 0.295. The van der Waals surface area contributed by atoms with Gasteiger partial charge in [-0.3, -0.25) is 9.89 Å². The van der Waals surface area contributed by atoms with Crippen LogP contribution in [-0.2, 0) is 6.42 Å². The van der Waals surface area contributed by atoms with Gasteiger partial charge in [-0.2, -0.15) is 0 Å². The van der Waals surface area contributed by atoms with Gasteiger partial charge in [-0.1, -0.05) is 20.3 Å². The lowest BCUT2D eigenvalue weighted by atomic mass is 9.84. The number of rotatable bonds is 5. The van der Waals surface area contributed by atoms with Gasteiger partial charge in [-0.25, -0.2) is 4.98 Å². The average Bonchev–Trinajstić information content (AvgIpc) is 2.89. The largest absolute Gasteiger partial charge is 0.347 e. The van der Waals surface area contributed by atoms with Gasteiger partial charge in [0.15, 0.2) is 0 Å². The molecule has 0 aliphatic heterocycles. The molecule has 5 nitrogen and oxygen atoms in total. The summed E-state index contributed by atoms with van der Waals surface area (Å²) >= 11 is 0. The molecular formula is C14H24N4O. The third-order valence-corrected chi connectivity index (χ3v) is 3.98. The van der Waals surface area contributed by atoms with E-state index in [9.17, 15) is 4.79 Å². The van der Waals surface area contributed by atoms with Crippen LogP contribution in [0.3, 0.4) is 0 Å². The van der Waals surface area contributed by atoms with Crippen LogP contribution in [0.25, 0.3) is 0 Å². The molecule has 0 saturated heterocycles. The van der Waals surface area contributed by atoms with E-state index in [1.165, 1.54) is 19.3 Å². The zero-order valence-corrected chi connectivity index (χ0v) is 11.9. The van der Waals surface area contributed by atoms with Crippen LogP contribution in [-0.4, -0.2) is 27.1 Å². The lowest BCUT2D eigenvalue weighted by molar-refractivity contribution is 0.0911. The van der Waals surface area contributed by atoms with Crippen LogP contribution in [0.4, 0.5) is 0 Å². The Morgan fingerprint density at radius 2 is 2.05 bits per heavy atom. The molecule has 1 aliphatic rings. The van der Waals surface area contributed by atoms with Gasteiger partial charge in [0.2, 0.25) is 5.82 Å². The number of H-pyrrole nitrogens is 1. The Morgan fingerprint density at radius 1 is 1.32 bits per heavy atom. The minimum atomic E-state index is -0.140. The minimum absolute atomic E-state index is 0.140. The highest BCUT2D eigenvalue weighted by Crippen LogP contribution is 2.26. The molecule has 2 N–H and O–H groups in total. The SMILES string of the molecule is CCCc1nc(C(=O)NC2CCC(CC)CC2)n[nH]1. The molecule has 19 heavy (non-hydrogen) atoms. The first-order valence-electron chi connectivity index (χ1n) is 7.45. The summed E-state index contributed by atoms with van der Waals surface area (Å²) in [6.07, 6.45) is 7.68. The van der Waals surface area contributed by atoms with Crippen LogP contribution in [0.5, 0.6) is 0 Å². The number of hydrogen-bond donors (Lipinski definition) is 2. The third-order valence-electron chi connectivity index (χ3n) is 3.98. The quantitative estimate of drug-likeness (QED) is 0.858. The predicted molar refractivity (Wildman–Crippen MR) is 73.9 cm³/mol. The Morgan fingerprint density at radius 3 is 2.68 bits per heavy atom. The van der Waals surface area contributed by atoms with Crippen molar-refractivity contribution in [3.8, 4) is 0 Å². The molecule has 5 heteroatoms. The molecule has 2 rings (SSSR count). The fourth-order valence-electron chi connectivity index (χ4n) is 2.71. The zero-order chi connectivity index (χ0) is 13.7. The highest BCUT2D eigenvalue weighted by Gasteiger charge is 2.23. The average molecular weight is 264 g/mol. The monoisotopic (exact) mass is 264 g/mol. The summed E-state index contributed by atoms with van der Waals surface area (Å²) in [4.78, 5) is 16.2. The highest BCUT2D eigenvalue weighted by molar-refractivity contribution is 5.90. The molecule has 0 radical (unpaired) electrons. The fraction of sp³-hybridized carbons (Fsp3) is 0.786. The Hall–Kier alpha value is -1.39. The van der Waals surface area contributed by atoms with Crippen LogP contribution >= 0.6 is 0 Å². The molecule has 1 fully saturated rings. The topological polar surface area (TPSA) is 70.7 Å². The van der Waals surface area contributed by atoms with Crippen molar-refractivity contribution >= 4 is 5.91 Å². The standard InChI is InChI=1S/C14H24N4O/c1-3-5-12-16-13(18-17-12)14(19)15-11-8-6-10(4-2)7-9-11/h10-11H,3-9H2,1-2H3,(H,15,19)(H,16,17,18). The molecule has 1 heterocycles. The van der Waals surface area contributed by atoms with E-state index in [-0.39, 0.29) is 11.7 Å². The first kappa shape index (κ1) is 14.0. The van der Waals surface area contributed by atoms with E-state index < -0.39 is 0 Å². The molecule has 1 amide bonds. The Balaban J connectivity index is 1.83. The Bertz CT molecular complexity index is 407. The normalized spacial score (nSPS) is 23.3. The van der Waals surface area contributed by atoms with Gasteiger partial charge < -0.3 is 5.32 Å². The van der Waals surface area contributed by atoms with Crippen LogP contribution in [0, 0.1) is 5.92 Å². The third kappa shape index (κ3) is 3.78. The summed E-state index contributed by atoms with van der Waals surface area (Å²) in [6.45, 7) is 4.32. The van der Waals surface area contributed by atoms with Crippen molar-refractivity contribution in [2.75, 3.05) is 0 Å². The molecule has 1 aromatic rings. The van der Waals surface area contributed by atoms with E-state index in [4.69, 9.17) is 0 Å². The van der Waals surface area contributed by atoms with Gasteiger partial charge in [-0.05, 0) is 38.0 Å². The van der Waals surface area contributed by atoms with Crippen molar-refractivity contribution in [2.45, 2.75) is 64.8 Å². The van der Waals surface area contributed by atoms with Crippen molar-refractivity contribution in [1.82, 2.24) is 20.5 Å². The van der Waals surface area contributed by atoms with Gasteiger partial charge in [0.05, 0.1) is 0 Å². The maximum absolute atomic E-state index is 12.0. The maximum Gasteiger partial charge on any atom is 0.291 e. The van der Waals surface area contributed by atoms with E-state index in [1.807, 2.05) is 0 Å². The molecule has 1 aromatic heterocycles. The van der Waals surface area contributed by atoms with Crippen LogP contribution < -0.4 is 5.32 Å². The maximum atomic E-state index is 12.0. The number of carbonyl (C=O) groups is 1. The second-order valence-corrected chi connectivity index (χ2v) is 5.46. The second kappa shape index (κ2) is 6.68. The Labute approximate surface area is 114 Å². The smallest absolute Gasteiger partial charge is 0.291 e. The van der Waals surface area contributed by atoms with Crippen molar-refractivity contribution in [2.24, 2.45) is 5.92 Å². The zero-order valence-electron chi connectivity index (χ0n) is 11.9. The summed E-state index contributed by atoms with van der Waals surface area (Å²) in [7, 11) is 0. The second-order valence-electron chi connectivity index (χ2n) is 5.46. The van der Waals surface area contributed by atoms with Gasteiger partial charge in [0, 0.05) is 12.5 Å². The van der Waals surface area contributed by atoms with Gasteiger partial charge >= 0.3 is 0 Å². The number of nitrogens with zero attached hydrogens (tertiary/aromatic N) is 2. The van der Waals surface area contributed by atoms with E-state index in [2.05, 4.69) is 34.3 Å². The van der Waals surface area contributed by atoms with Crippen LogP contribution in [0.15, 0.2) is 0 Å². The molecule has 1 aliphatic carbocycles. The molecular weight excluding hydrogens is 240 g/mol. The fourth-order valence-corrected chi connectivity index (χ4v) is 2.71.